The Morgan fingerprint density at radius 3 is 2.62 bits per heavy atom. The van der Waals surface area contributed by atoms with Gasteiger partial charge in [0.25, 0.3) is 5.56 Å². The van der Waals surface area contributed by atoms with Crippen molar-refractivity contribution in [1.29, 1.82) is 0 Å². The highest BCUT2D eigenvalue weighted by Crippen LogP contribution is 2.32. The lowest BCUT2D eigenvalue weighted by molar-refractivity contribution is -0.119. The van der Waals surface area contributed by atoms with Gasteiger partial charge in [-0.3, -0.25) is 9.59 Å². The quantitative estimate of drug-likeness (QED) is 0.519. The maximum atomic E-state index is 13.2. The summed E-state index contributed by atoms with van der Waals surface area (Å²) in [4.78, 5) is 29.0. The molecule has 2 aromatic carbocycles. The molecule has 5 nitrogen and oxygen atoms in total. The standard InChI is InChI=1S/C23H19N3O2S/c1-15-13-16-7-2-5-10-19(16)26(15)21(27)14-25-23(28)18-9-4-3-8-17(18)22(24-25)20-11-6-12-29-20/h2-12,15H,13-14H2,1H3/t15-/m0/s1. The fourth-order valence-electron chi connectivity index (χ4n) is 4.09. The fraction of sp³-hybridized carbons (Fsp3) is 0.174. The second-order valence-electron chi connectivity index (χ2n) is 7.28. The Kier molecular flexibility index (Phi) is 4.28. The molecule has 144 valence electrons. The van der Waals surface area contributed by atoms with E-state index in [1.807, 2.05) is 60.8 Å². The number of carbonyl (C=O) groups excluding carboxylic acids is 1. The molecule has 0 unspecified atom stereocenters. The van der Waals surface area contributed by atoms with Crippen molar-refractivity contribution in [3.05, 3.63) is 82.0 Å². The molecule has 3 heterocycles. The lowest BCUT2D eigenvalue weighted by Gasteiger charge is -2.23. The second kappa shape index (κ2) is 6.97. The highest BCUT2D eigenvalue weighted by Gasteiger charge is 2.31. The smallest absolute Gasteiger partial charge is 0.275 e. The maximum Gasteiger partial charge on any atom is 0.275 e. The molecule has 0 N–H and O–H groups in total. The summed E-state index contributed by atoms with van der Waals surface area (Å²) < 4.78 is 1.31. The lowest BCUT2D eigenvalue weighted by atomic mass is 10.1. The van der Waals surface area contributed by atoms with Gasteiger partial charge < -0.3 is 4.90 Å². The minimum Gasteiger partial charge on any atom is -0.307 e. The molecule has 0 fully saturated rings. The molecular formula is C23H19N3O2S. The lowest BCUT2D eigenvalue weighted by Crippen LogP contribution is -2.40. The topological polar surface area (TPSA) is 55.2 Å². The van der Waals surface area contributed by atoms with Crippen LogP contribution in [0.15, 0.2) is 70.8 Å². The molecule has 1 amide bonds. The molecule has 1 atom stereocenters. The molecule has 1 aliphatic rings. The Hall–Kier alpha value is -3.25. The molecule has 2 aromatic heterocycles. The van der Waals surface area contributed by atoms with Gasteiger partial charge in [0.1, 0.15) is 12.2 Å². The van der Waals surface area contributed by atoms with Crippen molar-refractivity contribution in [1.82, 2.24) is 9.78 Å². The zero-order valence-corrected chi connectivity index (χ0v) is 16.7. The van der Waals surface area contributed by atoms with Crippen molar-refractivity contribution in [2.45, 2.75) is 25.9 Å². The minimum atomic E-state index is -0.241. The van der Waals surface area contributed by atoms with E-state index in [0.717, 1.165) is 33.6 Å². The summed E-state index contributed by atoms with van der Waals surface area (Å²) in [7, 11) is 0. The zero-order chi connectivity index (χ0) is 20.0. The first-order valence-electron chi connectivity index (χ1n) is 9.57. The maximum absolute atomic E-state index is 13.2. The number of amides is 1. The van der Waals surface area contributed by atoms with E-state index >= 15 is 0 Å². The summed E-state index contributed by atoms with van der Waals surface area (Å²) in [6, 6.07) is 19.4. The number of thiophene rings is 1. The van der Waals surface area contributed by atoms with Crippen molar-refractivity contribution >= 4 is 33.7 Å². The van der Waals surface area contributed by atoms with Gasteiger partial charge in [-0.05, 0) is 42.5 Å². The Morgan fingerprint density at radius 1 is 1.07 bits per heavy atom. The highest BCUT2D eigenvalue weighted by molar-refractivity contribution is 7.13. The summed E-state index contributed by atoms with van der Waals surface area (Å²) in [6.07, 6.45) is 0.822. The van der Waals surface area contributed by atoms with Gasteiger partial charge in [0.15, 0.2) is 0 Å². The molecule has 0 radical (unpaired) electrons. The first-order chi connectivity index (χ1) is 14.1. The molecule has 0 saturated carbocycles. The van der Waals surface area contributed by atoms with E-state index in [-0.39, 0.29) is 24.1 Å². The predicted molar refractivity (Wildman–Crippen MR) is 116 cm³/mol. The number of benzene rings is 2. The average molecular weight is 401 g/mol. The van der Waals surface area contributed by atoms with E-state index in [2.05, 4.69) is 11.2 Å². The molecule has 0 saturated heterocycles. The Balaban J connectivity index is 1.59. The molecule has 0 spiro atoms. The van der Waals surface area contributed by atoms with Gasteiger partial charge in [-0.1, -0.05) is 42.5 Å². The SMILES string of the molecule is C[C@H]1Cc2ccccc2N1C(=O)Cn1nc(-c2cccs2)c2ccccc2c1=O. The molecule has 29 heavy (non-hydrogen) atoms. The van der Waals surface area contributed by atoms with Crippen LogP contribution in [0.2, 0.25) is 0 Å². The second-order valence-corrected chi connectivity index (χ2v) is 8.23. The molecule has 5 rings (SSSR count). The van der Waals surface area contributed by atoms with Crippen LogP contribution in [-0.2, 0) is 17.8 Å². The van der Waals surface area contributed by atoms with E-state index in [1.54, 1.807) is 22.3 Å². The third-order valence-corrected chi connectivity index (χ3v) is 6.26. The number of anilines is 1. The third kappa shape index (κ3) is 2.96. The van der Waals surface area contributed by atoms with Gasteiger partial charge in [-0.15, -0.1) is 11.3 Å². The normalized spacial score (nSPS) is 15.6. The van der Waals surface area contributed by atoms with Gasteiger partial charge in [0.05, 0.1) is 10.3 Å². The van der Waals surface area contributed by atoms with Crippen molar-refractivity contribution in [2.24, 2.45) is 0 Å². The summed E-state index contributed by atoms with van der Waals surface area (Å²) >= 11 is 1.57. The minimum absolute atomic E-state index is 0.0628. The van der Waals surface area contributed by atoms with Gasteiger partial charge in [-0.2, -0.15) is 5.10 Å². The molecule has 4 aromatic rings. The van der Waals surface area contributed by atoms with Crippen LogP contribution in [0, 0.1) is 0 Å². The van der Waals surface area contributed by atoms with Gasteiger partial charge >= 0.3 is 0 Å². The summed E-state index contributed by atoms with van der Waals surface area (Å²) in [5.74, 6) is -0.121. The van der Waals surface area contributed by atoms with Crippen molar-refractivity contribution in [3.63, 3.8) is 0 Å². The van der Waals surface area contributed by atoms with Crippen LogP contribution in [0.5, 0.6) is 0 Å². The fourth-order valence-corrected chi connectivity index (χ4v) is 4.81. The van der Waals surface area contributed by atoms with Gasteiger partial charge in [0.2, 0.25) is 5.91 Å². The van der Waals surface area contributed by atoms with E-state index in [0.29, 0.717) is 5.39 Å². The average Bonchev–Trinajstić information content (AvgIpc) is 3.37. The van der Waals surface area contributed by atoms with E-state index in [1.165, 1.54) is 4.68 Å². The molecular weight excluding hydrogens is 382 g/mol. The van der Waals surface area contributed by atoms with Crippen molar-refractivity contribution in [2.75, 3.05) is 4.90 Å². The molecule has 0 bridgehead atoms. The van der Waals surface area contributed by atoms with Crippen LogP contribution in [0.4, 0.5) is 5.69 Å². The zero-order valence-electron chi connectivity index (χ0n) is 15.9. The Morgan fingerprint density at radius 2 is 1.83 bits per heavy atom. The van der Waals surface area contributed by atoms with Crippen molar-refractivity contribution < 1.29 is 4.79 Å². The summed E-state index contributed by atoms with van der Waals surface area (Å²) in [5, 5.41) is 7.97. The van der Waals surface area contributed by atoms with Crippen LogP contribution in [0.3, 0.4) is 0 Å². The first-order valence-corrected chi connectivity index (χ1v) is 10.4. The van der Waals surface area contributed by atoms with E-state index in [4.69, 9.17) is 0 Å². The number of fused-ring (bicyclic) bond motifs is 2. The molecule has 6 heteroatoms. The Labute approximate surface area is 171 Å². The summed E-state index contributed by atoms with van der Waals surface area (Å²) in [5.41, 5.74) is 2.58. The molecule has 1 aliphatic heterocycles. The van der Waals surface area contributed by atoms with E-state index < -0.39 is 0 Å². The first kappa shape index (κ1) is 17.8. The third-order valence-electron chi connectivity index (χ3n) is 5.38. The van der Waals surface area contributed by atoms with Crippen LogP contribution in [0.1, 0.15) is 12.5 Å². The van der Waals surface area contributed by atoms with Gasteiger partial charge in [-0.25, -0.2) is 4.68 Å². The van der Waals surface area contributed by atoms with E-state index in [9.17, 15) is 9.59 Å². The summed E-state index contributed by atoms with van der Waals surface area (Å²) in [6.45, 7) is 1.95. The number of hydrogen-bond acceptors (Lipinski definition) is 4. The van der Waals surface area contributed by atoms with Crippen molar-refractivity contribution in [3.8, 4) is 10.6 Å². The predicted octanol–water partition coefficient (Wildman–Crippen LogP) is 4.10. The van der Waals surface area contributed by atoms with Crippen LogP contribution in [-0.4, -0.2) is 21.7 Å². The number of nitrogens with zero attached hydrogens (tertiary/aromatic N) is 3. The Bertz CT molecular complexity index is 1280. The number of para-hydroxylation sites is 1. The number of hydrogen-bond donors (Lipinski definition) is 0. The number of aromatic nitrogens is 2. The van der Waals surface area contributed by atoms with Crippen LogP contribution in [0.25, 0.3) is 21.3 Å². The number of carbonyl (C=O) groups is 1. The van der Waals surface area contributed by atoms with Crippen LogP contribution < -0.4 is 10.5 Å². The highest BCUT2D eigenvalue weighted by atomic mass is 32.1. The van der Waals surface area contributed by atoms with Crippen LogP contribution >= 0.6 is 11.3 Å². The molecule has 0 aliphatic carbocycles. The van der Waals surface area contributed by atoms with Gasteiger partial charge in [0, 0.05) is 17.1 Å². The monoisotopic (exact) mass is 401 g/mol. The number of rotatable bonds is 3. The largest absolute Gasteiger partial charge is 0.307 e.